The van der Waals surface area contributed by atoms with Crippen molar-refractivity contribution < 1.29 is 97.8 Å². The molecule has 5 rings (SSSR count). The van der Waals surface area contributed by atoms with Crippen LogP contribution < -0.4 is 70.4 Å². The molecule has 100 heavy (non-hydrogen) atoms. The van der Waals surface area contributed by atoms with Crippen LogP contribution in [0.3, 0.4) is 0 Å². The molecule has 1 aliphatic heterocycles. The summed E-state index contributed by atoms with van der Waals surface area (Å²) in [6.07, 6.45) is -0.954. The van der Waals surface area contributed by atoms with Crippen LogP contribution in [0.4, 0.5) is 0 Å². The number of fused-ring (bicyclic) bond motifs is 1. The van der Waals surface area contributed by atoms with Gasteiger partial charge in [-0.15, -0.1) is 0 Å². The molecular weight excluding hydrogens is 1310 g/mol. The Hall–Kier alpha value is -10.6. The van der Waals surface area contributed by atoms with Crippen molar-refractivity contribution in [2.45, 2.75) is 183 Å². The maximum Gasteiger partial charge on any atom is 0.325 e. The summed E-state index contributed by atoms with van der Waals surface area (Å²) >= 11 is 0. The lowest BCUT2D eigenvalue weighted by atomic mass is 10.0. The molecule has 1 aliphatic rings. The van der Waals surface area contributed by atoms with Crippen LogP contribution in [0.1, 0.15) is 95.9 Å². The number of H-pyrrole nitrogens is 2. The number of aromatic hydroxyl groups is 1. The molecule has 24 N–H and O–H groups in total. The normalized spacial score (nSPS) is 16.6. The molecule has 37 nitrogen and oxygen atoms in total. The largest absolute Gasteiger partial charge is 0.508 e. The van der Waals surface area contributed by atoms with Crippen molar-refractivity contribution in [2.75, 3.05) is 19.7 Å². The smallest absolute Gasteiger partial charge is 0.325 e. The Morgan fingerprint density at radius 3 is 1.77 bits per heavy atom. The minimum absolute atomic E-state index is 0.0635. The van der Waals surface area contributed by atoms with E-state index in [1.54, 1.807) is 24.3 Å². The van der Waals surface area contributed by atoms with Gasteiger partial charge in [0.25, 0.3) is 0 Å². The fraction of sp³-hybridized carbons (Fsp3) is 0.508. The van der Waals surface area contributed by atoms with Crippen LogP contribution in [0.2, 0.25) is 0 Å². The zero-order chi connectivity index (χ0) is 74.1. The number of nitrogens with zero attached hydrogens (tertiary/aromatic N) is 2. The molecule has 2 aromatic carbocycles. The standard InChI is InChI=1S/C63H89N17O20/c1-30(52(88)72-41(12-7-8-20-64)54(90)76-45(22-34-14-16-37(84)17-15-34)62(98)80-21-9-13-47(80)59(95)71-31(2)63(99)100)70-58(94)46(28-81)77-57(93)44(25-49(86)87)74-55(91)42(23-35-26-68-40-11-6-5-10-38(35)40)73-56(92)43(24-36-27-67-29-69-36)75-60(96)50(32(3)82)79-61(97)51(33(4)83)78-53(89)39(65)18-19-48(66)85/h5-6,10-11,14-17,26-27,29-33,39,41-47,50-51,68,81-84H,7-9,12-13,18-25,28,64-65H2,1-4H3,(H2,66,85)(H,67,69)(H,70,94)(H,71,95)(H,72,88)(H,73,92)(H,74,91)(H,75,96)(H,76,90)(H,77,93)(H,78,89)(H,79,97)(H,86,87)(H,99,100)/t30-,31-,32+,33+,39-,41-,42-,43-,44-,45-,46-,47-,50-,51-/m0/s1. The zero-order valence-corrected chi connectivity index (χ0v) is 55.4. The molecule has 2 aromatic heterocycles. The average Bonchev–Trinajstić information content (AvgIpc) is 1.58. The molecule has 1 fully saturated rings. The number of carboxylic acid groups (broad SMARTS) is 2. The Labute approximate surface area is 572 Å². The molecule has 0 bridgehead atoms. The summed E-state index contributed by atoms with van der Waals surface area (Å²) in [5.74, 6) is -15.5. The molecule has 1 saturated heterocycles. The van der Waals surface area contributed by atoms with E-state index in [0.29, 0.717) is 34.9 Å². The maximum atomic E-state index is 14.6. The molecule has 14 atom stereocenters. The van der Waals surface area contributed by atoms with Gasteiger partial charge in [0, 0.05) is 61.2 Å². The van der Waals surface area contributed by atoms with Crippen molar-refractivity contribution in [3.8, 4) is 5.75 Å². The SMILES string of the molecule is C[C@H](NC(=O)[C@@H]1CCCN1C(=O)[C@H](Cc1ccc(O)cc1)NC(=O)[C@H](CCCCN)NC(=O)[C@H](C)NC(=O)[C@H](CO)NC(=O)[C@H](CC(=O)O)NC(=O)[C@H](Cc1c[nH]c2ccccc12)NC(=O)[C@H](Cc1cnc[nH]1)NC(=O)[C@@H](NC(=O)[C@@H](NC(=O)[C@@H](N)CCC(N)=O)[C@@H](C)O)[C@@H](C)O)C(=O)O. The number of primary amides is 1. The van der Waals surface area contributed by atoms with Gasteiger partial charge in [-0.1, -0.05) is 30.3 Å². The van der Waals surface area contributed by atoms with Crippen LogP contribution in [0.5, 0.6) is 5.75 Å². The van der Waals surface area contributed by atoms with Gasteiger partial charge in [-0.3, -0.25) is 67.1 Å². The van der Waals surface area contributed by atoms with Crippen molar-refractivity contribution in [1.82, 2.24) is 73.0 Å². The number of para-hydroxylation sites is 1. The summed E-state index contributed by atoms with van der Waals surface area (Å²) in [5.41, 5.74) is 18.4. The Bertz CT molecular complexity index is 3530. The number of phenols is 1. The summed E-state index contributed by atoms with van der Waals surface area (Å²) < 4.78 is 0. The monoisotopic (exact) mass is 1400 g/mol. The number of aliphatic hydroxyl groups is 3. The van der Waals surface area contributed by atoms with E-state index in [4.69, 9.17) is 17.2 Å². The molecule has 4 aromatic rings. The summed E-state index contributed by atoms with van der Waals surface area (Å²) in [6.45, 7) is 3.69. The summed E-state index contributed by atoms with van der Waals surface area (Å²) in [4.78, 5) is 200. The number of aliphatic carboxylic acids is 2. The second-order valence-corrected chi connectivity index (χ2v) is 24.2. The van der Waals surface area contributed by atoms with Gasteiger partial charge in [-0.25, -0.2) is 4.98 Å². The van der Waals surface area contributed by atoms with E-state index in [1.807, 2.05) is 0 Å². The number of unbranched alkanes of at least 4 members (excludes halogenated alkanes) is 1. The first kappa shape index (κ1) is 80.1. The predicted octanol–water partition coefficient (Wildman–Crippen LogP) is -6.46. The van der Waals surface area contributed by atoms with Gasteiger partial charge < -0.3 is 116 Å². The van der Waals surface area contributed by atoms with Crippen molar-refractivity contribution >= 4 is 93.7 Å². The van der Waals surface area contributed by atoms with Gasteiger partial charge >= 0.3 is 11.9 Å². The number of nitrogens with one attached hydrogen (secondary N) is 12. The average molecular weight is 1400 g/mol. The van der Waals surface area contributed by atoms with E-state index in [2.05, 4.69) is 68.1 Å². The zero-order valence-electron chi connectivity index (χ0n) is 55.4. The van der Waals surface area contributed by atoms with Gasteiger partial charge in [0.15, 0.2) is 0 Å². The fourth-order valence-electron chi connectivity index (χ4n) is 10.6. The highest BCUT2D eigenvalue weighted by Gasteiger charge is 2.41. The first-order valence-electron chi connectivity index (χ1n) is 32.1. The van der Waals surface area contributed by atoms with E-state index in [1.165, 1.54) is 61.7 Å². The molecule has 0 unspecified atom stereocenters. The van der Waals surface area contributed by atoms with Crippen molar-refractivity contribution in [1.29, 1.82) is 0 Å². The first-order valence-corrected chi connectivity index (χ1v) is 32.1. The summed E-state index contributed by atoms with van der Waals surface area (Å²) in [5, 5.41) is 85.5. The number of carbonyl (C=O) groups excluding carboxylic acids is 12. The molecule has 0 spiro atoms. The Morgan fingerprint density at radius 2 is 1.17 bits per heavy atom. The number of phenolic OH excluding ortho intramolecular Hbond substituents is 1. The molecule has 3 heterocycles. The molecule has 0 aliphatic carbocycles. The first-order chi connectivity index (χ1) is 47.3. The number of hydrogen-bond acceptors (Lipinski definition) is 21. The Kier molecular flexibility index (Phi) is 30.8. The minimum atomic E-state index is -2.08. The van der Waals surface area contributed by atoms with Crippen LogP contribution in [0.25, 0.3) is 10.9 Å². The van der Waals surface area contributed by atoms with Gasteiger partial charge in [0.05, 0.1) is 37.6 Å². The third-order valence-corrected chi connectivity index (χ3v) is 16.2. The number of rotatable bonds is 40. The lowest BCUT2D eigenvalue weighted by Crippen LogP contribution is -2.63. The van der Waals surface area contributed by atoms with Crippen LogP contribution in [-0.4, -0.2) is 238 Å². The number of hydrogen-bond donors (Lipinski definition) is 21. The number of aromatic nitrogens is 3. The second kappa shape index (κ2) is 38.5. The second-order valence-electron chi connectivity index (χ2n) is 24.2. The van der Waals surface area contributed by atoms with Crippen LogP contribution in [0.15, 0.2) is 67.3 Å². The third-order valence-electron chi connectivity index (χ3n) is 16.2. The number of likely N-dealkylation sites (tertiary alicyclic amines) is 1. The highest BCUT2D eigenvalue weighted by molar-refractivity contribution is 6.00. The van der Waals surface area contributed by atoms with Gasteiger partial charge in [0.1, 0.15) is 72.2 Å². The third kappa shape index (κ3) is 24.1. The molecule has 37 heteroatoms. The van der Waals surface area contributed by atoms with Gasteiger partial charge in [-0.2, -0.15) is 0 Å². The Balaban J connectivity index is 1.34. The molecule has 546 valence electrons. The maximum absolute atomic E-state index is 14.6. The predicted molar refractivity (Wildman–Crippen MR) is 351 cm³/mol. The molecule has 0 radical (unpaired) electrons. The highest BCUT2D eigenvalue weighted by Crippen LogP contribution is 2.23. The summed E-state index contributed by atoms with van der Waals surface area (Å²) in [6, 6.07) is -6.95. The fourth-order valence-corrected chi connectivity index (χ4v) is 10.6. The van der Waals surface area contributed by atoms with E-state index in [9.17, 15) is 97.8 Å². The van der Waals surface area contributed by atoms with Crippen molar-refractivity contribution in [3.63, 3.8) is 0 Å². The van der Waals surface area contributed by atoms with Gasteiger partial charge in [0.2, 0.25) is 70.9 Å². The van der Waals surface area contributed by atoms with E-state index in [0.717, 1.165) is 13.8 Å². The van der Waals surface area contributed by atoms with E-state index in [-0.39, 0.29) is 63.1 Å². The number of nitrogens with two attached hydrogens (primary N) is 3. The number of amides is 12. The quantitative estimate of drug-likeness (QED) is 0.0184. The number of aliphatic hydroxyl groups excluding tert-OH is 3. The number of carboxylic acids is 2. The van der Waals surface area contributed by atoms with E-state index >= 15 is 0 Å². The van der Waals surface area contributed by atoms with Crippen LogP contribution in [0, 0.1) is 0 Å². The number of imidazole rings is 1. The van der Waals surface area contributed by atoms with Crippen molar-refractivity contribution in [2.24, 2.45) is 17.2 Å². The topological polar surface area (TPSA) is 606 Å². The number of benzene rings is 2. The molecule has 12 amide bonds. The Morgan fingerprint density at radius 1 is 0.610 bits per heavy atom. The molecular formula is C63H89N17O20. The van der Waals surface area contributed by atoms with E-state index < -0.39 is 193 Å². The number of aromatic amines is 2. The van der Waals surface area contributed by atoms with Gasteiger partial charge in [-0.05, 0) is 102 Å². The lowest BCUT2D eigenvalue weighted by Gasteiger charge is -2.30. The number of carbonyl (C=O) groups is 14. The lowest BCUT2D eigenvalue weighted by molar-refractivity contribution is -0.144. The van der Waals surface area contributed by atoms with Crippen LogP contribution >= 0.6 is 0 Å². The highest BCUT2D eigenvalue weighted by atomic mass is 16.4. The summed E-state index contributed by atoms with van der Waals surface area (Å²) in [7, 11) is 0. The minimum Gasteiger partial charge on any atom is -0.508 e. The van der Waals surface area contributed by atoms with Crippen molar-refractivity contribution in [3.05, 3.63) is 84.1 Å². The van der Waals surface area contributed by atoms with Crippen LogP contribution in [-0.2, 0) is 86.4 Å². The molecule has 0 saturated carbocycles.